The number of nitrogens with one attached hydrogen (secondary N) is 1. The third-order valence-electron chi connectivity index (χ3n) is 4.54. The molecule has 0 atom stereocenters. The maximum atomic E-state index is 12.6. The fourth-order valence-corrected chi connectivity index (χ4v) is 2.93. The Morgan fingerprint density at radius 2 is 1.50 bits per heavy atom. The van der Waals surface area contributed by atoms with Crippen molar-refractivity contribution in [2.75, 3.05) is 26.1 Å². The number of para-hydroxylation sites is 3. The standard InChI is InChI=1S/C24H24N2O4/c1-26(16-18-10-6-8-14-21(18)29-2)23(27)17-30-22-15-9-7-13-20(22)24(28)25-19-11-4-3-5-12-19/h3-15H,16-17H2,1-2H3,(H,25,28). The van der Waals surface area contributed by atoms with Gasteiger partial charge >= 0.3 is 0 Å². The van der Waals surface area contributed by atoms with Crippen LogP contribution in [-0.2, 0) is 11.3 Å². The molecular weight excluding hydrogens is 380 g/mol. The Hall–Kier alpha value is -3.80. The highest BCUT2D eigenvalue weighted by Gasteiger charge is 2.16. The van der Waals surface area contributed by atoms with Gasteiger partial charge in [0.15, 0.2) is 6.61 Å². The Morgan fingerprint density at radius 3 is 2.23 bits per heavy atom. The van der Waals surface area contributed by atoms with Gasteiger partial charge in [0.25, 0.3) is 11.8 Å². The first-order valence-electron chi connectivity index (χ1n) is 9.52. The molecule has 0 saturated heterocycles. The summed E-state index contributed by atoms with van der Waals surface area (Å²) in [5, 5.41) is 2.83. The van der Waals surface area contributed by atoms with Crippen LogP contribution in [0.25, 0.3) is 0 Å². The summed E-state index contributed by atoms with van der Waals surface area (Å²) < 4.78 is 11.0. The summed E-state index contributed by atoms with van der Waals surface area (Å²) in [7, 11) is 3.30. The number of likely N-dealkylation sites (N-methyl/N-ethyl adjacent to an activating group) is 1. The van der Waals surface area contributed by atoms with E-state index in [1.807, 2.05) is 42.5 Å². The lowest BCUT2D eigenvalue weighted by Crippen LogP contribution is -2.31. The minimum atomic E-state index is -0.299. The highest BCUT2D eigenvalue weighted by molar-refractivity contribution is 6.06. The molecule has 3 aromatic carbocycles. The number of nitrogens with zero attached hydrogens (tertiary/aromatic N) is 1. The molecule has 1 N–H and O–H groups in total. The number of carbonyl (C=O) groups excluding carboxylic acids is 2. The van der Waals surface area contributed by atoms with Gasteiger partial charge in [-0.25, -0.2) is 0 Å². The molecule has 2 amide bonds. The van der Waals surface area contributed by atoms with Crippen molar-refractivity contribution in [1.29, 1.82) is 0 Å². The van der Waals surface area contributed by atoms with Gasteiger partial charge in [0, 0.05) is 24.8 Å². The number of amides is 2. The van der Waals surface area contributed by atoms with Gasteiger partial charge in [-0.3, -0.25) is 9.59 Å². The normalized spacial score (nSPS) is 10.2. The zero-order valence-corrected chi connectivity index (χ0v) is 17.0. The Kier molecular flexibility index (Phi) is 7.05. The zero-order chi connectivity index (χ0) is 21.3. The summed E-state index contributed by atoms with van der Waals surface area (Å²) in [6.45, 7) is 0.212. The lowest BCUT2D eigenvalue weighted by atomic mass is 10.2. The Balaban J connectivity index is 1.63. The van der Waals surface area contributed by atoms with Gasteiger partial charge in [0.2, 0.25) is 0 Å². The summed E-state index contributed by atoms with van der Waals surface area (Å²) in [5.74, 6) is 0.566. The number of hydrogen-bond donors (Lipinski definition) is 1. The van der Waals surface area contributed by atoms with Crippen molar-refractivity contribution in [2.24, 2.45) is 0 Å². The summed E-state index contributed by atoms with van der Waals surface area (Å²) in [6, 6.07) is 23.6. The lowest BCUT2D eigenvalue weighted by Gasteiger charge is -2.19. The number of methoxy groups -OCH3 is 1. The van der Waals surface area contributed by atoms with Gasteiger partial charge in [-0.05, 0) is 30.3 Å². The van der Waals surface area contributed by atoms with Crippen LogP contribution in [0.3, 0.4) is 0 Å². The fraction of sp³-hybridized carbons (Fsp3) is 0.167. The van der Waals surface area contributed by atoms with Crippen LogP contribution in [0.4, 0.5) is 5.69 Å². The summed E-state index contributed by atoms with van der Waals surface area (Å²) in [6.07, 6.45) is 0. The number of rotatable bonds is 8. The average molecular weight is 404 g/mol. The smallest absolute Gasteiger partial charge is 0.260 e. The molecule has 0 spiro atoms. The van der Waals surface area contributed by atoms with Crippen LogP contribution < -0.4 is 14.8 Å². The van der Waals surface area contributed by atoms with Gasteiger partial charge in [-0.2, -0.15) is 0 Å². The van der Waals surface area contributed by atoms with Crippen LogP contribution in [0.1, 0.15) is 15.9 Å². The first-order chi connectivity index (χ1) is 14.6. The van der Waals surface area contributed by atoms with E-state index in [-0.39, 0.29) is 18.4 Å². The topological polar surface area (TPSA) is 67.9 Å². The predicted octanol–water partition coefficient (Wildman–Crippen LogP) is 3.98. The largest absolute Gasteiger partial charge is 0.496 e. The number of benzene rings is 3. The van der Waals surface area contributed by atoms with Crippen LogP contribution in [0.2, 0.25) is 0 Å². The third kappa shape index (κ3) is 5.38. The fourth-order valence-electron chi connectivity index (χ4n) is 2.93. The Labute approximate surface area is 176 Å². The van der Waals surface area contributed by atoms with Crippen LogP contribution >= 0.6 is 0 Å². The molecular formula is C24H24N2O4. The molecule has 0 saturated carbocycles. The molecule has 0 radical (unpaired) electrons. The Morgan fingerprint density at radius 1 is 0.867 bits per heavy atom. The molecule has 0 aromatic heterocycles. The molecule has 0 heterocycles. The van der Waals surface area contributed by atoms with Crippen LogP contribution in [-0.4, -0.2) is 37.5 Å². The van der Waals surface area contributed by atoms with Crippen molar-refractivity contribution in [3.8, 4) is 11.5 Å². The van der Waals surface area contributed by atoms with E-state index in [2.05, 4.69) is 5.32 Å². The number of anilines is 1. The number of ether oxygens (including phenoxy) is 2. The lowest BCUT2D eigenvalue weighted by molar-refractivity contribution is -0.132. The van der Waals surface area contributed by atoms with Crippen molar-refractivity contribution in [1.82, 2.24) is 4.90 Å². The maximum Gasteiger partial charge on any atom is 0.260 e. The van der Waals surface area contributed by atoms with Crippen molar-refractivity contribution in [3.05, 3.63) is 90.0 Å². The van der Waals surface area contributed by atoms with E-state index in [4.69, 9.17) is 9.47 Å². The van der Waals surface area contributed by atoms with Gasteiger partial charge in [-0.15, -0.1) is 0 Å². The van der Waals surface area contributed by atoms with Crippen LogP contribution in [0, 0.1) is 0 Å². The van der Waals surface area contributed by atoms with Crippen LogP contribution in [0.15, 0.2) is 78.9 Å². The molecule has 0 fully saturated rings. The minimum Gasteiger partial charge on any atom is -0.496 e. The van der Waals surface area contributed by atoms with Crippen molar-refractivity contribution < 1.29 is 19.1 Å². The SMILES string of the molecule is COc1ccccc1CN(C)C(=O)COc1ccccc1C(=O)Nc1ccccc1. The average Bonchev–Trinajstić information content (AvgIpc) is 2.78. The summed E-state index contributed by atoms with van der Waals surface area (Å²) in [5.41, 5.74) is 1.95. The molecule has 30 heavy (non-hydrogen) atoms. The molecule has 3 rings (SSSR count). The maximum absolute atomic E-state index is 12.6. The Bertz CT molecular complexity index is 1000. The van der Waals surface area contributed by atoms with E-state index in [0.717, 1.165) is 11.3 Å². The van der Waals surface area contributed by atoms with Crippen LogP contribution in [0.5, 0.6) is 11.5 Å². The van der Waals surface area contributed by atoms with Gasteiger partial charge in [0.1, 0.15) is 11.5 Å². The monoisotopic (exact) mass is 404 g/mol. The molecule has 0 aliphatic rings. The summed E-state index contributed by atoms with van der Waals surface area (Å²) in [4.78, 5) is 26.7. The van der Waals surface area contributed by atoms with Gasteiger partial charge < -0.3 is 19.7 Å². The molecule has 0 unspecified atom stereocenters. The molecule has 0 aliphatic carbocycles. The van der Waals surface area contributed by atoms with E-state index in [0.29, 0.717) is 23.5 Å². The van der Waals surface area contributed by atoms with Gasteiger partial charge in [-0.1, -0.05) is 48.5 Å². The van der Waals surface area contributed by atoms with Gasteiger partial charge in [0.05, 0.1) is 12.7 Å². The number of carbonyl (C=O) groups is 2. The predicted molar refractivity (Wildman–Crippen MR) is 116 cm³/mol. The van der Waals surface area contributed by atoms with E-state index in [1.165, 1.54) is 0 Å². The van der Waals surface area contributed by atoms with E-state index < -0.39 is 0 Å². The highest BCUT2D eigenvalue weighted by atomic mass is 16.5. The molecule has 0 aliphatic heterocycles. The summed E-state index contributed by atoms with van der Waals surface area (Å²) >= 11 is 0. The molecule has 3 aromatic rings. The van der Waals surface area contributed by atoms with E-state index >= 15 is 0 Å². The quantitative estimate of drug-likeness (QED) is 0.617. The van der Waals surface area contributed by atoms with Crippen molar-refractivity contribution in [2.45, 2.75) is 6.54 Å². The second kappa shape index (κ2) is 10.1. The molecule has 6 nitrogen and oxygen atoms in total. The second-order valence-electron chi connectivity index (χ2n) is 6.67. The number of hydrogen-bond acceptors (Lipinski definition) is 4. The van der Waals surface area contributed by atoms with Crippen molar-refractivity contribution in [3.63, 3.8) is 0 Å². The molecule has 154 valence electrons. The third-order valence-corrected chi connectivity index (χ3v) is 4.54. The van der Waals surface area contributed by atoms with Crippen molar-refractivity contribution >= 4 is 17.5 Å². The van der Waals surface area contributed by atoms with E-state index in [1.54, 1.807) is 55.5 Å². The minimum absolute atomic E-state index is 0.179. The molecule has 6 heteroatoms. The first kappa shape index (κ1) is 20.9. The van der Waals surface area contributed by atoms with E-state index in [9.17, 15) is 9.59 Å². The second-order valence-corrected chi connectivity index (χ2v) is 6.67. The molecule has 0 bridgehead atoms. The highest BCUT2D eigenvalue weighted by Crippen LogP contribution is 2.21. The first-order valence-corrected chi connectivity index (χ1v) is 9.52. The zero-order valence-electron chi connectivity index (χ0n) is 17.0.